The molecular weight excluding hydrogens is 211 g/mol. The monoisotopic (exact) mass is 224 g/mol. The molecule has 2 fully saturated rings. The van der Waals surface area contributed by atoms with Crippen molar-refractivity contribution in [1.82, 2.24) is 0 Å². The Morgan fingerprint density at radius 3 is 3.08 bits per heavy atom. The third-order valence-corrected chi connectivity index (χ3v) is 4.73. The Morgan fingerprint density at radius 2 is 2.31 bits per heavy atom. The van der Waals surface area contributed by atoms with E-state index in [4.69, 9.17) is 30.1 Å². The minimum Gasteiger partial charge on any atom is -0.373 e. The lowest BCUT2D eigenvalue weighted by Gasteiger charge is -2.39. The second-order valence-electron chi connectivity index (χ2n) is 3.12. The van der Waals surface area contributed by atoms with Crippen LogP contribution in [0, 0.1) is 0 Å². The van der Waals surface area contributed by atoms with Crippen LogP contribution in [0.25, 0.3) is 0 Å². The van der Waals surface area contributed by atoms with Gasteiger partial charge in [0.1, 0.15) is 6.10 Å². The first-order chi connectivity index (χ1) is 6.23. The minimum absolute atomic E-state index is 0.0555. The van der Waals surface area contributed by atoms with Gasteiger partial charge in [-0.1, -0.05) is 0 Å². The van der Waals surface area contributed by atoms with E-state index < -0.39 is 6.72 Å². The van der Waals surface area contributed by atoms with Gasteiger partial charge in [-0.2, -0.15) is 0 Å². The van der Waals surface area contributed by atoms with Crippen molar-refractivity contribution in [3.63, 3.8) is 0 Å². The number of ether oxygens (including phenoxy) is 1. The number of rotatable bonds is 1. The molecule has 0 aliphatic carbocycles. The van der Waals surface area contributed by atoms with Crippen LogP contribution < -0.4 is 0 Å². The molecule has 2 heterocycles. The van der Waals surface area contributed by atoms with Crippen molar-refractivity contribution in [3.8, 4) is 0 Å². The van der Waals surface area contributed by atoms with Crippen molar-refractivity contribution in [2.45, 2.75) is 25.0 Å². The predicted octanol–water partition coefficient (Wildman–Crippen LogP) is 1.45. The molecule has 0 amide bonds. The van der Waals surface area contributed by atoms with E-state index >= 15 is 0 Å². The zero-order chi connectivity index (χ0) is 9.31. The molecule has 76 valence electrons. The van der Waals surface area contributed by atoms with Crippen LogP contribution in [0.5, 0.6) is 0 Å². The summed E-state index contributed by atoms with van der Waals surface area (Å²) in [5.41, 5.74) is 0. The first kappa shape index (κ1) is 10.0. The van der Waals surface area contributed by atoms with Crippen molar-refractivity contribution in [3.05, 3.63) is 0 Å². The fourth-order valence-corrected chi connectivity index (χ4v) is 3.21. The third-order valence-electron chi connectivity index (χ3n) is 2.26. The van der Waals surface area contributed by atoms with Crippen molar-refractivity contribution < 1.29 is 18.3 Å². The smallest absolute Gasteiger partial charge is 0.327 e. The molecule has 0 spiro atoms. The quantitative estimate of drug-likeness (QED) is 0.630. The van der Waals surface area contributed by atoms with Gasteiger partial charge in [0, 0.05) is 13.7 Å². The lowest BCUT2D eigenvalue weighted by atomic mass is 10.1. The highest BCUT2D eigenvalue weighted by molar-refractivity contribution is 8.07. The lowest BCUT2D eigenvalue weighted by Crippen LogP contribution is -2.42. The van der Waals surface area contributed by atoms with Gasteiger partial charge >= 0.3 is 6.72 Å². The number of fused-ring (bicyclic) bond motifs is 1. The average molecular weight is 224 g/mol. The Hall–Kier alpha value is 0.490. The molecule has 0 N–H and O–H groups in total. The minimum atomic E-state index is -2.43. The van der Waals surface area contributed by atoms with Gasteiger partial charge in [0.15, 0.2) is 0 Å². The predicted molar refractivity (Wildman–Crippen MR) is 51.1 cm³/mol. The van der Waals surface area contributed by atoms with Crippen molar-refractivity contribution >= 4 is 18.5 Å². The summed E-state index contributed by atoms with van der Waals surface area (Å²) in [6.45, 7) is -1.13. The summed E-state index contributed by atoms with van der Waals surface area (Å²) in [6.07, 6.45) is 2.16. The summed E-state index contributed by atoms with van der Waals surface area (Å²) >= 11 is 5.11. The Balaban J connectivity index is 2.02. The zero-order valence-electron chi connectivity index (χ0n) is 7.47. The van der Waals surface area contributed by atoms with Crippen molar-refractivity contribution in [1.29, 1.82) is 0 Å². The maximum atomic E-state index is 5.58. The van der Waals surface area contributed by atoms with Crippen LogP contribution in [0.2, 0.25) is 0 Å². The van der Waals surface area contributed by atoms with Crippen LogP contribution in [0.1, 0.15) is 12.8 Å². The molecule has 1 unspecified atom stereocenters. The van der Waals surface area contributed by atoms with E-state index in [1.165, 1.54) is 7.11 Å². The van der Waals surface area contributed by atoms with E-state index in [2.05, 4.69) is 0 Å². The van der Waals surface area contributed by atoms with Crippen LogP contribution in [-0.2, 0) is 30.1 Å². The fourth-order valence-electron chi connectivity index (χ4n) is 1.55. The van der Waals surface area contributed by atoms with Gasteiger partial charge < -0.3 is 18.3 Å². The molecule has 0 aromatic rings. The zero-order valence-corrected chi connectivity index (χ0v) is 9.18. The molecule has 2 aliphatic rings. The summed E-state index contributed by atoms with van der Waals surface area (Å²) in [4.78, 5) is 0. The van der Waals surface area contributed by atoms with Crippen LogP contribution >= 0.6 is 6.72 Å². The molecule has 4 nitrogen and oxygen atoms in total. The molecule has 0 saturated carbocycles. The van der Waals surface area contributed by atoms with Crippen molar-refractivity contribution in [2.75, 3.05) is 20.3 Å². The van der Waals surface area contributed by atoms with E-state index in [0.29, 0.717) is 6.61 Å². The van der Waals surface area contributed by atoms with E-state index in [1.54, 1.807) is 0 Å². The molecule has 13 heavy (non-hydrogen) atoms. The summed E-state index contributed by atoms with van der Waals surface area (Å²) < 4.78 is 21.5. The van der Waals surface area contributed by atoms with Crippen molar-refractivity contribution in [2.24, 2.45) is 0 Å². The van der Waals surface area contributed by atoms with Gasteiger partial charge in [0.25, 0.3) is 0 Å². The van der Waals surface area contributed by atoms with Gasteiger partial charge in [0.05, 0.1) is 12.7 Å². The lowest BCUT2D eigenvalue weighted by molar-refractivity contribution is -0.111. The topological polar surface area (TPSA) is 36.9 Å². The molecule has 2 saturated heterocycles. The standard InChI is InChI=1S/C7H13O4PS/c1-8-12(13)10-5-7-6(11-12)3-2-4-9-7/h6-7H,2-5H2,1H3/t6-,7+,12?/m0/s1. The number of hydrogen-bond donors (Lipinski definition) is 0. The molecule has 0 aromatic heterocycles. The molecule has 0 aromatic carbocycles. The Bertz CT molecular complexity index is 235. The largest absolute Gasteiger partial charge is 0.373 e. The Morgan fingerprint density at radius 1 is 1.46 bits per heavy atom. The molecule has 3 atom stereocenters. The second-order valence-corrected chi connectivity index (χ2v) is 6.19. The highest BCUT2D eigenvalue weighted by Gasteiger charge is 2.38. The van der Waals surface area contributed by atoms with E-state index in [-0.39, 0.29) is 12.2 Å². The summed E-state index contributed by atoms with van der Waals surface area (Å²) in [5, 5.41) is 0. The average Bonchev–Trinajstić information content (AvgIpc) is 2.18. The normalized spacial score (nSPS) is 45.6. The first-order valence-electron chi connectivity index (χ1n) is 4.34. The number of hydrogen-bond acceptors (Lipinski definition) is 5. The molecule has 6 heteroatoms. The molecule has 0 bridgehead atoms. The van der Waals surface area contributed by atoms with Gasteiger partial charge in [-0.05, 0) is 24.6 Å². The molecule has 0 radical (unpaired) electrons. The van der Waals surface area contributed by atoms with Crippen LogP contribution in [0.15, 0.2) is 0 Å². The van der Waals surface area contributed by atoms with Crippen LogP contribution in [0.4, 0.5) is 0 Å². The van der Waals surface area contributed by atoms with E-state index in [0.717, 1.165) is 19.4 Å². The highest BCUT2D eigenvalue weighted by Crippen LogP contribution is 2.54. The maximum Gasteiger partial charge on any atom is 0.327 e. The van der Waals surface area contributed by atoms with Crippen LogP contribution in [0.3, 0.4) is 0 Å². The Labute approximate surface area is 82.8 Å². The van der Waals surface area contributed by atoms with E-state index in [9.17, 15) is 0 Å². The molecule has 2 aliphatic heterocycles. The second kappa shape index (κ2) is 3.93. The van der Waals surface area contributed by atoms with Gasteiger partial charge in [-0.15, -0.1) is 0 Å². The Kier molecular flexibility index (Phi) is 3.03. The SMILES string of the molecule is COP1(=S)OC[C@H]2OCCC[C@@H]2O1. The highest BCUT2D eigenvalue weighted by atomic mass is 32.5. The summed E-state index contributed by atoms with van der Waals surface area (Å²) in [6, 6.07) is 0. The summed E-state index contributed by atoms with van der Waals surface area (Å²) in [7, 11) is 1.53. The van der Waals surface area contributed by atoms with E-state index in [1.807, 2.05) is 0 Å². The van der Waals surface area contributed by atoms with Gasteiger partial charge in [-0.25, -0.2) is 0 Å². The molecule has 2 rings (SSSR count). The van der Waals surface area contributed by atoms with Gasteiger partial charge in [0.2, 0.25) is 0 Å². The van der Waals surface area contributed by atoms with Crippen LogP contribution in [-0.4, -0.2) is 32.5 Å². The maximum absolute atomic E-state index is 5.58. The fraction of sp³-hybridized carbons (Fsp3) is 1.00. The first-order valence-corrected chi connectivity index (χ1v) is 6.89. The molecular formula is C7H13O4PS. The van der Waals surface area contributed by atoms with Gasteiger partial charge in [-0.3, -0.25) is 0 Å². The summed E-state index contributed by atoms with van der Waals surface area (Å²) in [5.74, 6) is 0. The third kappa shape index (κ3) is 2.12.